The van der Waals surface area contributed by atoms with Gasteiger partial charge in [0.05, 0.1) is 22.4 Å². The quantitative estimate of drug-likeness (QED) is 0.668. The highest BCUT2D eigenvalue weighted by molar-refractivity contribution is 6.01. The Bertz CT molecular complexity index is 543. The lowest BCUT2D eigenvalue weighted by molar-refractivity contribution is -0.125. The third kappa shape index (κ3) is 2.21. The van der Waals surface area contributed by atoms with Gasteiger partial charge in [0.2, 0.25) is 5.91 Å². The van der Waals surface area contributed by atoms with Crippen molar-refractivity contribution >= 4 is 23.2 Å². The molecule has 0 radical (unpaired) electrons. The summed E-state index contributed by atoms with van der Waals surface area (Å²) in [5.41, 5.74) is 17.6. The maximum Gasteiger partial charge on any atom is 0.250 e. The summed E-state index contributed by atoms with van der Waals surface area (Å²) in [5, 5.41) is 0. The van der Waals surface area contributed by atoms with Gasteiger partial charge in [-0.05, 0) is 25.5 Å². The Morgan fingerprint density at radius 2 is 2.00 bits per heavy atom. The highest BCUT2D eigenvalue weighted by atomic mass is 16.1. The fourth-order valence-corrected chi connectivity index (χ4v) is 2.47. The molecule has 1 aliphatic heterocycles. The summed E-state index contributed by atoms with van der Waals surface area (Å²) >= 11 is 0. The number of benzene rings is 1. The van der Waals surface area contributed by atoms with Gasteiger partial charge in [0.15, 0.2) is 0 Å². The molecule has 2 rings (SSSR count). The van der Waals surface area contributed by atoms with E-state index in [1.54, 1.807) is 18.2 Å². The van der Waals surface area contributed by atoms with Crippen molar-refractivity contribution in [3.63, 3.8) is 0 Å². The van der Waals surface area contributed by atoms with Gasteiger partial charge in [-0.15, -0.1) is 0 Å². The molecule has 0 bridgehead atoms. The summed E-state index contributed by atoms with van der Waals surface area (Å²) in [5.74, 6) is -0.875. The molecule has 0 aliphatic carbocycles. The summed E-state index contributed by atoms with van der Waals surface area (Å²) in [6.07, 6.45) is 0.634. The van der Waals surface area contributed by atoms with E-state index in [1.165, 1.54) is 0 Å². The number of primary amides is 2. The predicted octanol–water partition coefficient (Wildman–Crippen LogP) is 0.0694. The Morgan fingerprint density at radius 1 is 1.32 bits per heavy atom. The highest BCUT2D eigenvalue weighted by Crippen LogP contribution is 2.37. The minimum absolute atomic E-state index is 0.342. The van der Waals surface area contributed by atoms with Crippen LogP contribution >= 0.6 is 0 Å². The van der Waals surface area contributed by atoms with E-state index in [2.05, 4.69) is 0 Å². The number of nitrogens with zero attached hydrogens (tertiary/aromatic N) is 1. The van der Waals surface area contributed by atoms with Gasteiger partial charge in [-0.1, -0.05) is 6.07 Å². The average molecular weight is 262 g/mol. The lowest BCUT2D eigenvalue weighted by Gasteiger charge is -2.25. The maximum absolute atomic E-state index is 11.5. The summed E-state index contributed by atoms with van der Waals surface area (Å²) < 4.78 is 0. The fourth-order valence-electron chi connectivity index (χ4n) is 2.47. The van der Waals surface area contributed by atoms with Gasteiger partial charge in [-0.2, -0.15) is 0 Å². The first-order chi connectivity index (χ1) is 8.85. The predicted molar refractivity (Wildman–Crippen MR) is 73.5 cm³/mol. The van der Waals surface area contributed by atoms with Crippen LogP contribution in [-0.2, 0) is 4.79 Å². The van der Waals surface area contributed by atoms with Crippen molar-refractivity contribution in [3.8, 4) is 0 Å². The Labute approximate surface area is 111 Å². The summed E-state index contributed by atoms with van der Waals surface area (Å²) in [6, 6.07) is 5.03. The van der Waals surface area contributed by atoms with Gasteiger partial charge in [0.1, 0.15) is 0 Å². The molecular weight excluding hydrogens is 244 g/mol. The zero-order valence-electron chi connectivity index (χ0n) is 10.8. The van der Waals surface area contributed by atoms with Crippen molar-refractivity contribution < 1.29 is 9.59 Å². The number of rotatable bonds is 3. The van der Waals surface area contributed by atoms with Gasteiger partial charge in [-0.25, -0.2) is 0 Å². The molecule has 1 saturated heterocycles. The summed E-state index contributed by atoms with van der Waals surface area (Å²) in [7, 11) is 0. The van der Waals surface area contributed by atoms with E-state index in [0.29, 0.717) is 36.4 Å². The normalized spacial score (nSPS) is 22.5. The monoisotopic (exact) mass is 262 g/mol. The standard InChI is InChI=1S/C13H18N4O2/c1-13(12(16)19)5-6-17(7-13)10-8(11(15)18)3-2-4-9(10)14/h2-4H,5-7,14H2,1H3,(H2,15,18)(H2,16,19). The van der Waals surface area contributed by atoms with Crippen molar-refractivity contribution in [1.29, 1.82) is 0 Å². The Kier molecular flexibility index (Phi) is 3.09. The van der Waals surface area contributed by atoms with E-state index < -0.39 is 11.3 Å². The second-order valence-corrected chi connectivity index (χ2v) is 5.20. The topological polar surface area (TPSA) is 115 Å². The van der Waals surface area contributed by atoms with Crippen LogP contribution in [0.3, 0.4) is 0 Å². The number of nitrogens with two attached hydrogens (primary N) is 3. The van der Waals surface area contributed by atoms with Gasteiger partial charge in [0, 0.05) is 13.1 Å². The molecule has 1 aromatic carbocycles. The van der Waals surface area contributed by atoms with E-state index in [0.717, 1.165) is 0 Å². The molecular formula is C13H18N4O2. The van der Waals surface area contributed by atoms with Gasteiger partial charge < -0.3 is 22.1 Å². The number of hydrogen-bond acceptors (Lipinski definition) is 4. The molecule has 1 aliphatic rings. The number of carbonyl (C=O) groups excluding carboxylic acids is 2. The van der Waals surface area contributed by atoms with Gasteiger partial charge in [0.25, 0.3) is 5.91 Å². The highest BCUT2D eigenvalue weighted by Gasteiger charge is 2.40. The second-order valence-electron chi connectivity index (χ2n) is 5.20. The molecule has 19 heavy (non-hydrogen) atoms. The molecule has 6 N–H and O–H groups in total. The lowest BCUT2D eigenvalue weighted by atomic mass is 9.89. The minimum Gasteiger partial charge on any atom is -0.397 e. The zero-order chi connectivity index (χ0) is 14.2. The fraction of sp³-hybridized carbons (Fsp3) is 0.385. The first kappa shape index (κ1) is 13.2. The molecule has 1 aromatic rings. The summed E-state index contributed by atoms with van der Waals surface area (Å²) in [4.78, 5) is 24.9. The Balaban J connectivity index is 2.39. The first-order valence-corrected chi connectivity index (χ1v) is 6.08. The molecule has 6 nitrogen and oxygen atoms in total. The first-order valence-electron chi connectivity index (χ1n) is 6.08. The van der Waals surface area contributed by atoms with Gasteiger partial charge >= 0.3 is 0 Å². The largest absolute Gasteiger partial charge is 0.397 e. The van der Waals surface area contributed by atoms with Crippen LogP contribution < -0.4 is 22.1 Å². The van der Waals surface area contributed by atoms with Crippen LogP contribution in [0, 0.1) is 5.41 Å². The summed E-state index contributed by atoms with van der Waals surface area (Å²) in [6.45, 7) is 2.88. The van der Waals surface area contributed by atoms with Crippen LogP contribution in [0.5, 0.6) is 0 Å². The average Bonchev–Trinajstić information content (AvgIpc) is 2.72. The van der Waals surface area contributed by atoms with Crippen LogP contribution in [0.15, 0.2) is 18.2 Å². The van der Waals surface area contributed by atoms with Crippen LogP contribution in [-0.4, -0.2) is 24.9 Å². The van der Waals surface area contributed by atoms with E-state index in [1.807, 2.05) is 11.8 Å². The van der Waals surface area contributed by atoms with E-state index in [4.69, 9.17) is 17.2 Å². The molecule has 1 heterocycles. The molecule has 0 aromatic heterocycles. The number of nitrogen functional groups attached to an aromatic ring is 1. The minimum atomic E-state index is -0.600. The molecule has 1 fully saturated rings. The van der Waals surface area contributed by atoms with Crippen LogP contribution in [0.1, 0.15) is 23.7 Å². The number of anilines is 2. The van der Waals surface area contributed by atoms with Crippen LogP contribution in [0.4, 0.5) is 11.4 Å². The van der Waals surface area contributed by atoms with E-state index in [9.17, 15) is 9.59 Å². The second kappa shape index (κ2) is 4.46. The maximum atomic E-state index is 11.5. The third-order valence-electron chi connectivity index (χ3n) is 3.72. The molecule has 102 valence electrons. The number of hydrogen-bond donors (Lipinski definition) is 3. The van der Waals surface area contributed by atoms with Crippen molar-refractivity contribution in [2.75, 3.05) is 23.7 Å². The van der Waals surface area contributed by atoms with Crippen molar-refractivity contribution in [3.05, 3.63) is 23.8 Å². The van der Waals surface area contributed by atoms with Crippen molar-refractivity contribution in [2.24, 2.45) is 16.9 Å². The van der Waals surface area contributed by atoms with Crippen LogP contribution in [0.2, 0.25) is 0 Å². The Hall–Kier alpha value is -2.24. The molecule has 0 saturated carbocycles. The number of carbonyl (C=O) groups is 2. The van der Waals surface area contributed by atoms with Crippen molar-refractivity contribution in [2.45, 2.75) is 13.3 Å². The van der Waals surface area contributed by atoms with E-state index >= 15 is 0 Å². The molecule has 6 heteroatoms. The third-order valence-corrected chi connectivity index (χ3v) is 3.72. The lowest BCUT2D eigenvalue weighted by Crippen LogP contribution is -2.37. The van der Waals surface area contributed by atoms with Crippen LogP contribution in [0.25, 0.3) is 0 Å². The van der Waals surface area contributed by atoms with Crippen molar-refractivity contribution in [1.82, 2.24) is 0 Å². The smallest absolute Gasteiger partial charge is 0.250 e. The molecule has 1 atom stereocenters. The number of amides is 2. The van der Waals surface area contributed by atoms with E-state index in [-0.39, 0.29) is 5.91 Å². The number of para-hydroxylation sites is 1. The molecule has 1 unspecified atom stereocenters. The molecule has 0 spiro atoms. The Morgan fingerprint density at radius 3 is 2.53 bits per heavy atom. The zero-order valence-corrected chi connectivity index (χ0v) is 10.8. The molecule has 2 amide bonds. The SMILES string of the molecule is CC1(C(N)=O)CCN(c2c(N)cccc2C(N)=O)C1. The van der Waals surface area contributed by atoms with Gasteiger partial charge in [-0.3, -0.25) is 9.59 Å².